The van der Waals surface area contributed by atoms with Gasteiger partial charge in [0.15, 0.2) is 0 Å². The molecule has 1 aliphatic rings. The molecule has 3 nitrogen and oxygen atoms in total. The Morgan fingerprint density at radius 3 is 2.47 bits per heavy atom. The Morgan fingerprint density at radius 2 is 1.79 bits per heavy atom. The molecule has 0 radical (unpaired) electrons. The van der Waals surface area contributed by atoms with Crippen LogP contribution in [0.1, 0.15) is 23.6 Å². The Morgan fingerprint density at radius 1 is 1.00 bits per heavy atom. The molecule has 2 N–H and O–H groups in total. The van der Waals surface area contributed by atoms with E-state index in [-0.39, 0.29) is 0 Å². The maximum atomic E-state index is 5.77. The second-order valence-corrected chi connectivity index (χ2v) is 4.76. The van der Waals surface area contributed by atoms with Crippen LogP contribution in [0, 0.1) is 0 Å². The minimum absolute atomic E-state index is 0.420. The normalized spacial score (nSPS) is 18.4. The SMILES string of the molecule is c1ccc(COc2ccc(C3CCNN3)cc2)cc1. The molecule has 0 amide bonds. The van der Waals surface area contributed by atoms with Gasteiger partial charge in [-0.15, -0.1) is 0 Å². The highest BCUT2D eigenvalue weighted by atomic mass is 16.5. The van der Waals surface area contributed by atoms with E-state index in [1.54, 1.807) is 0 Å². The van der Waals surface area contributed by atoms with Crippen LogP contribution in [0.2, 0.25) is 0 Å². The summed E-state index contributed by atoms with van der Waals surface area (Å²) in [7, 11) is 0. The number of benzene rings is 2. The fraction of sp³-hybridized carbons (Fsp3) is 0.250. The van der Waals surface area contributed by atoms with E-state index in [9.17, 15) is 0 Å². The molecular formula is C16H18N2O. The molecule has 3 rings (SSSR count). The Labute approximate surface area is 113 Å². The van der Waals surface area contributed by atoms with Crippen molar-refractivity contribution in [3.63, 3.8) is 0 Å². The third-order valence-electron chi connectivity index (χ3n) is 3.37. The molecule has 1 heterocycles. The molecular weight excluding hydrogens is 236 g/mol. The topological polar surface area (TPSA) is 33.3 Å². The maximum absolute atomic E-state index is 5.77. The lowest BCUT2D eigenvalue weighted by Crippen LogP contribution is -2.24. The molecule has 98 valence electrons. The van der Waals surface area contributed by atoms with E-state index >= 15 is 0 Å². The van der Waals surface area contributed by atoms with E-state index in [0.717, 1.165) is 18.7 Å². The molecule has 1 atom stereocenters. The van der Waals surface area contributed by atoms with E-state index in [4.69, 9.17) is 4.74 Å². The lowest BCUT2D eigenvalue weighted by atomic mass is 10.1. The number of nitrogens with one attached hydrogen (secondary N) is 2. The van der Waals surface area contributed by atoms with Crippen LogP contribution in [0.4, 0.5) is 0 Å². The van der Waals surface area contributed by atoms with Crippen molar-refractivity contribution >= 4 is 0 Å². The van der Waals surface area contributed by atoms with Crippen LogP contribution in [-0.4, -0.2) is 6.54 Å². The van der Waals surface area contributed by atoms with Gasteiger partial charge in [-0.1, -0.05) is 42.5 Å². The van der Waals surface area contributed by atoms with Gasteiger partial charge in [-0.3, -0.25) is 10.9 Å². The summed E-state index contributed by atoms with van der Waals surface area (Å²) in [5.41, 5.74) is 8.90. The number of hydrogen-bond acceptors (Lipinski definition) is 3. The summed E-state index contributed by atoms with van der Waals surface area (Å²) in [4.78, 5) is 0. The van der Waals surface area contributed by atoms with Gasteiger partial charge in [0.1, 0.15) is 12.4 Å². The molecule has 2 aromatic rings. The second kappa shape index (κ2) is 5.87. The van der Waals surface area contributed by atoms with E-state index in [2.05, 4.69) is 35.1 Å². The molecule has 0 aliphatic carbocycles. The molecule has 3 heteroatoms. The van der Waals surface area contributed by atoms with Gasteiger partial charge in [-0.05, 0) is 29.7 Å². The zero-order chi connectivity index (χ0) is 12.9. The summed E-state index contributed by atoms with van der Waals surface area (Å²) in [5.74, 6) is 0.915. The molecule has 0 aromatic heterocycles. The Hall–Kier alpha value is -1.84. The van der Waals surface area contributed by atoms with Crippen molar-refractivity contribution in [2.45, 2.75) is 19.1 Å². The smallest absolute Gasteiger partial charge is 0.119 e. The first-order valence-electron chi connectivity index (χ1n) is 6.67. The van der Waals surface area contributed by atoms with E-state index in [1.165, 1.54) is 11.1 Å². The van der Waals surface area contributed by atoms with Crippen LogP contribution in [0.5, 0.6) is 5.75 Å². The van der Waals surface area contributed by atoms with Crippen LogP contribution >= 0.6 is 0 Å². The van der Waals surface area contributed by atoms with Gasteiger partial charge in [-0.2, -0.15) is 0 Å². The molecule has 1 aliphatic heterocycles. The zero-order valence-corrected chi connectivity index (χ0v) is 10.8. The van der Waals surface area contributed by atoms with E-state index in [1.807, 2.05) is 30.3 Å². The number of hydrazine groups is 1. The second-order valence-electron chi connectivity index (χ2n) is 4.76. The minimum atomic E-state index is 0.420. The van der Waals surface area contributed by atoms with Gasteiger partial charge >= 0.3 is 0 Å². The van der Waals surface area contributed by atoms with Crippen LogP contribution in [-0.2, 0) is 6.61 Å². The zero-order valence-electron chi connectivity index (χ0n) is 10.8. The summed E-state index contributed by atoms with van der Waals surface area (Å²) in [5, 5.41) is 0. The van der Waals surface area contributed by atoms with Crippen molar-refractivity contribution in [2.24, 2.45) is 0 Å². The number of hydrogen-bond donors (Lipinski definition) is 2. The van der Waals surface area contributed by atoms with Gasteiger partial charge in [0.2, 0.25) is 0 Å². The van der Waals surface area contributed by atoms with Crippen molar-refractivity contribution in [2.75, 3.05) is 6.54 Å². The summed E-state index contributed by atoms with van der Waals surface area (Å²) < 4.78 is 5.77. The van der Waals surface area contributed by atoms with Crippen molar-refractivity contribution in [3.05, 3.63) is 65.7 Å². The van der Waals surface area contributed by atoms with Gasteiger partial charge < -0.3 is 4.74 Å². The average Bonchev–Trinajstić information content (AvgIpc) is 3.01. The van der Waals surface area contributed by atoms with Crippen LogP contribution in [0.3, 0.4) is 0 Å². The van der Waals surface area contributed by atoms with Crippen molar-refractivity contribution in [3.8, 4) is 5.75 Å². The van der Waals surface area contributed by atoms with Crippen molar-refractivity contribution < 1.29 is 4.74 Å². The predicted octanol–water partition coefficient (Wildman–Crippen LogP) is 2.80. The van der Waals surface area contributed by atoms with Gasteiger partial charge in [0.05, 0.1) is 0 Å². The summed E-state index contributed by atoms with van der Waals surface area (Å²) in [6, 6.07) is 19.0. The molecule has 2 aromatic carbocycles. The Kier molecular flexibility index (Phi) is 3.77. The fourth-order valence-corrected chi connectivity index (χ4v) is 2.27. The molecule has 1 saturated heterocycles. The Balaban J connectivity index is 1.60. The van der Waals surface area contributed by atoms with Crippen LogP contribution < -0.4 is 15.6 Å². The standard InChI is InChI=1S/C16H18N2O/c1-2-4-13(5-3-1)12-19-15-8-6-14(7-9-15)16-10-11-17-18-16/h1-9,16-18H,10-12H2. The molecule has 1 fully saturated rings. The number of rotatable bonds is 4. The molecule has 0 bridgehead atoms. The highest BCUT2D eigenvalue weighted by molar-refractivity contribution is 5.30. The Bertz CT molecular complexity index is 504. The van der Waals surface area contributed by atoms with Gasteiger partial charge in [-0.25, -0.2) is 0 Å². The first-order valence-corrected chi connectivity index (χ1v) is 6.67. The van der Waals surface area contributed by atoms with Gasteiger partial charge in [0.25, 0.3) is 0 Å². The molecule has 0 spiro atoms. The quantitative estimate of drug-likeness (QED) is 0.880. The van der Waals surface area contributed by atoms with E-state index < -0.39 is 0 Å². The molecule has 19 heavy (non-hydrogen) atoms. The lowest BCUT2D eigenvalue weighted by Gasteiger charge is -2.11. The van der Waals surface area contributed by atoms with Gasteiger partial charge in [0, 0.05) is 12.6 Å². The fourth-order valence-electron chi connectivity index (χ4n) is 2.27. The largest absolute Gasteiger partial charge is 0.489 e. The highest BCUT2D eigenvalue weighted by Crippen LogP contribution is 2.22. The lowest BCUT2D eigenvalue weighted by molar-refractivity contribution is 0.306. The maximum Gasteiger partial charge on any atom is 0.119 e. The van der Waals surface area contributed by atoms with Crippen LogP contribution in [0.15, 0.2) is 54.6 Å². The third-order valence-corrected chi connectivity index (χ3v) is 3.37. The monoisotopic (exact) mass is 254 g/mol. The van der Waals surface area contributed by atoms with E-state index in [0.29, 0.717) is 12.6 Å². The minimum Gasteiger partial charge on any atom is -0.489 e. The van der Waals surface area contributed by atoms with Crippen molar-refractivity contribution in [1.29, 1.82) is 0 Å². The summed E-state index contributed by atoms with van der Waals surface area (Å²) in [6.45, 7) is 1.64. The third kappa shape index (κ3) is 3.13. The first kappa shape index (κ1) is 12.2. The summed E-state index contributed by atoms with van der Waals surface area (Å²) in [6.07, 6.45) is 1.13. The first-order chi connectivity index (χ1) is 9.42. The highest BCUT2D eigenvalue weighted by Gasteiger charge is 2.15. The molecule has 1 unspecified atom stereocenters. The average molecular weight is 254 g/mol. The van der Waals surface area contributed by atoms with Crippen LogP contribution in [0.25, 0.3) is 0 Å². The predicted molar refractivity (Wildman–Crippen MR) is 75.7 cm³/mol. The van der Waals surface area contributed by atoms with Crippen molar-refractivity contribution in [1.82, 2.24) is 10.9 Å². The summed E-state index contributed by atoms with van der Waals surface area (Å²) >= 11 is 0. The molecule has 0 saturated carbocycles. The number of ether oxygens (including phenoxy) is 1.